The van der Waals surface area contributed by atoms with Gasteiger partial charge in [0.2, 0.25) is 0 Å². The summed E-state index contributed by atoms with van der Waals surface area (Å²) in [5.74, 6) is 1.65. The minimum atomic E-state index is 0.761. The zero-order chi connectivity index (χ0) is 41.4. The van der Waals surface area contributed by atoms with Crippen LogP contribution < -0.4 is 0 Å². The highest BCUT2D eigenvalue weighted by Crippen LogP contribution is 2.43. The molecule has 4 heterocycles. The van der Waals surface area contributed by atoms with Crippen LogP contribution >= 0.6 is 0 Å². The summed E-state index contributed by atoms with van der Waals surface area (Å²) in [6.45, 7) is 0. The SMILES string of the molecule is C1=CC(c2cc(-c3ccccc3)nc(C3=Cc4oc5c(-n6c7ccccc7c7cc(-c8ccc9c(c8)c8ccccc8n9-c8ccccc8)ccc76)cccc5c4CC3)n2)=CCC1. The van der Waals surface area contributed by atoms with Gasteiger partial charge in [0.1, 0.15) is 5.76 Å². The van der Waals surface area contributed by atoms with Gasteiger partial charge in [0.15, 0.2) is 11.4 Å². The molecular formula is C58H40N4O. The smallest absolute Gasteiger partial charge is 0.159 e. The average molecular weight is 809 g/mol. The maximum absolute atomic E-state index is 6.98. The third kappa shape index (κ3) is 5.77. The molecular weight excluding hydrogens is 769 g/mol. The number of fused-ring (bicyclic) bond motifs is 9. The molecule has 11 aromatic rings. The number of allylic oxidation sites excluding steroid dienone is 5. The zero-order valence-electron chi connectivity index (χ0n) is 34.5. The number of furan rings is 1. The molecule has 298 valence electrons. The van der Waals surface area contributed by atoms with Gasteiger partial charge in [-0.1, -0.05) is 127 Å². The second-order valence-electron chi connectivity index (χ2n) is 16.7. The largest absolute Gasteiger partial charge is 0.454 e. The summed E-state index contributed by atoms with van der Waals surface area (Å²) >= 11 is 0. The second-order valence-corrected chi connectivity index (χ2v) is 16.7. The Morgan fingerprint density at radius 2 is 1.11 bits per heavy atom. The zero-order valence-corrected chi connectivity index (χ0v) is 34.5. The number of benzene rings is 7. The van der Waals surface area contributed by atoms with E-state index in [2.05, 4.69) is 197 Å². The summed E-state index contributed by atoms with van der Waals surface area (Å²) in [7, 11) is 0. The van der Waals surface area contributed by atoms with Crippen LogP contribution in [0.1, 0.15) is 42.1 Å². The van der Waals surface area contributed by atoms with E-state index in [9.17, 15) is 0 Å². The molecule has 63 heavy (non-hydrogen) atoms. The van der Waals surface area contributed by atoms with Crippen molar-refractivity contribution < 1.29 is 4.42 Å². The summed E-state index contributed by atoms with van der Waals surface area (Å²) < 4.78 is 11.7. The van der Waals surface area contributed by atoms with Crippen molar-refractivity contribution in [2.24, 2.45) is 0 Å². The van der Waals surface area contributed by atoms with Crippen molar-refractivity contribution in [3.05, 3.63) is 211 Å². The van der Waals surface area contributed by atoms with Crippen molar-refractivity contribution in [2.45, 2.75) is 25.7 Å². The fraction of sp³-hybridized carbons (Fsp3) is 0.0690. The van der Waals surface area contributed by atoms with Gasteiger partial charge >= 0.3 is 0 Å². The molecule has 0 unspecified atom stereocenters. The van der Waals surface area contributed by atoms with Crippen LogP contribution in [0.5, 0.6) is 0 Å². The Kier molecular flexibility index (Phi) is 8.10. The van der Waals surface area contributed by atoms with E-state index in [-0.39, 0.29) is 0 Å². The molecule has 0 fully saturated rings. The number of hydrogen-bond donors (Lipinski definition) is 0. The standard InChI is InChI=1S/C58H40N4O/c1-4-15-37(16-5-1)49-36-50(38-17-6-2-7-18-38)60-58(59-49)41-27-30-45-46-23-14-26-55(57(46)63-56(45)35-41)62-52-25-13-11-22-44(52)48-34-40(29-32-54(48)62)39-28-31-53-47(33-39)43-21-10-12-24-51(43)61(53)42-19-8-3-9-20-42/h1,3-6,8-26,28-29,31-36H,2,7,27,30H2. The molecule has 5 heteroatoms. The highest BCUT2D eigenvalue weighted by Gasteiger charge is 2.25. The number of aromatic nitrogens is 4. The number of hydrogen-bond acceptors (Lipinski definition) is 3. The van der Waals surface area contributed by atoms with Crippen molar-refractivity contribution in [1.82, 2.24) is 19.1 Å². The minimum Gasteiger partial charge on any atom is -0.454 e. The van der Waals surface area contributed by atoms with Crippen LogP contribution in [0.2, 0.25) is 0 Å². The maximum Gasteiger partial charge on any atom is 0.159 e. The topological polar surface area (TPSA) is 48.8 Å². The molecule has 0 atom stereocenters. The van der Waals surface area contributed by atoms with Crippen molar-refractivity contribution in [1.29, 1.82) is 0 Å². The summed E-state index contributed by atoms with van der Waals surface area (Å²) in [6, 6.07) is 61.1. The summed E-state index contributed by atoms with van der Waals surface area (Å²) in [6.07, 6.45) is 12.7. The van der Waals surface area contributed by atoms with E-state index in [0.717, 1.165) is 98.7 Å². The molecule has 0 N–H and O–H groups in total. The van der Waals surface area contributed by atoms with Crippen molar-refractivity contribution >= 4 is 71.8 Å². The molecule has 0 bridgehead atoms. The fourth-order valence-corrected chi connectivity index (χ4v) is 10.1. The van der Waals surface area contributed by atoms with E-state index < -0.39 is 0 Å². The third-order valence-corrected chi connectivity index (χ3v) is 13.1. The highest BCUT2D eigenvalue weighted by molar-refractivity contribution is 6.13. The lowest BCUT2D eigenvalue weighted by atomic mass is 9.94. The molecule has 5 nitrogen and oxygen atoms in total. The van der Waals surface area contributed by atoms with E-state index in [1.807, 2.05) is 6.07 Å². The lowest BCUT2D eigenvalue weighted by Crippen LogP contribution is -2.04. The molecule has 0 saturated heterocycles. The van der Waals surface area contributed by atoms with Crippen molar-refractivity contribution in [3.63, 3.8) is 0 Å². The van der Waals surface area contributed by atoms with Crippen molar-refractivity contribution in [3.8, 4) is 33.8 Å². The predicted molar refractivity (Wildman–Crippen MR) is 260 cm³/mol. The van der Waals surface area contributed by atoms with E-state index >= 15 is 0 Å². The van der Waals surface area contributed by atoms with Gasteiger partial charge in [-0.05, 0) is 109 Å². The maximum atomic E-state index is 6.98. The molecule has 7 aromatic carbocycles. The van der Waals surface area contributed by atoms with Crippen LogP contribution in [-0.4, -0.2) is 19.1 Å². The molecule has 0 aliphatic heterocycles. The lowest BCUT2D eigenvalue weighted by molar-refractivity contribution is 0.594. The number of nitrogens with zero attached hydrogens (tertiary/aromatic N) is 4. The van der Waals surface area contributed by atoms with Gasteiger partial charge in [-0.2, -0.15) is 0 Å². The fourth-order valence-electron chi connectivity index (χ4n) is 10.1. The summed E-state index contributed by atoms with van der Waals surface area (Å²) in [5.41, 5.74) is 16.6. The minimum absolute atomic E-state index is 0.761. The van der Waals surface area contributed by atoms with Gasteiger partial charge in [0, 0.05) is 49.3 Å². The molecule has 0 spiro atoms. The molecule has 13 rings (SSSR count). The van der Waals surface area contributed by atoms with Crippen LogP contribution in [0.4, 0.5) is 0 Å². The van der Waals surface area contributed by atoms with Gasteiger partial charge in [-0.15, -0.1) is 0 Å². The second kappa shape index (κ2) is 14.3. The normalized spacial score (nSPS) is 13.9. The van der Waals surface area contributed by atoms with Gasteiger partial charge in [-0.3, -0.25) is 0 Å². The lowest BCUT2D eigenvalue weighted by Gasteiger charge is -2.15. The Morgan fingerprint density at radius 1 is 0.476 bits per heavy atom. The van der Waals surface area contributed by atoms with Gasteiger partial charge < -0.3 is 13.6 Å². The van der Waals surface area contributed by atoms with Gasteiger partial charge in [0.25, 0.3) is 0 Å². The first kappa shape index (κ1) is 35.7. The highest BCUT2D eigenvalue weighted by atomic mass is 16.3. The monoisotopic (exact) mass is 808 g/mol. The van der Waals surface area contributed by atoms with Crippen LogP contribution in [0, 0.1) is 0 Å². The first-order chi connectivity index (χ1) is 31.2. The first-order valence-electron chi connectivity index (χ1n) is 21.9. The Morgan fingerprint density at radius 3 is 1.84 bits per heavy atom. The molecule has 0 saturated carbocycles. The van der Waals surface area contributed by atoms with Crippen LogP contribution in [0.25, 0.3) is 106 Å². The number of para-hydroxylation sites is 4. The van der Waals surface area contributed by atoms with E-state index in [0.29, 0.717) is 0 Å². The van der Waals surface area contributed by atoms with Crippen LogP contribution in [-0.2, 0) is 6.42 Å². The van der Waals surface area contributed by atoms with Gasteiger partial charge in [-0.25, -0.2) is 9.97 Å². The molecule has 0 amide bonds. The quantitative estimate of drug-likeness (QED) is 0.168. The Hall–Kier alpha value is -8.02. The molecule has 2 aliphatic carbocycles. The summed E-state index contributed by atoms with van der Waals surface area (Å²) in [4.78, 5) is 10.4. The molecule has 2 aliphatic rings. The Balaban J connectivity index is 0.929. The number of aryl methyl sites for hydroxylation is 1. The van der Waals surface area contributed by atoms with Crippen LogP contribution in [0.3, 0.4) is 0 Å². The summed E-state index contributed by atoms with van der Waals surface area (Å²) in [5, 5.41) is 6.07. The number of rotatable bonds is 6. The van der Waals surface area contributed by atoms with Crippen LogP contribution in [0.15, 0.2) is 193 Å². The Bertz CT molecular complexity index is 3730. The van der Waals surface area contributed by atoms with Crippen molar-refractivity contribution in [2.75, 3.05) is 0 Å². The van der Waals surface area contributed by atoms with E-state index in [1.165, 1.54) is 49.3 Å². The van der Waals surface area contributed by atoms with E-state index in [1.54, 1.807) is 0 Å². The molecule has 0 radical (unpaired) electrons. The molecule has 4 aromatic heterocycles. The predicted octanol–water partition coefficient (Wildman–Crippen LogP) is 15.0. The van der Waals surface area contributed by atoms with Gasteiger partial charge in [0.05, 0.1) is 39.1 Å². The first-order valence-corrected chi connectivity index (χ1v) is 21.9. The average Bonchev–Trinajstić information content (AvgIpc) is 4.02. The van der Waals surface area contributed by atoms with E-state index in [4.69, 9.17) is 14.4 Å². The Labute approximate surface area is 364 Å². The third-order valence-electron chi connectivity index (χ3n) is 13.1.